The molecule has 0 aromatic carbocycles. The van der Waals surface area contributed by atoms with Gasteiger partial charge in [-0.05, 0) is 25.7 Å². The van der Waals surface area contributed by atoms with Crippen molar-refractivity contribution in [3.63, 3.8) is 0 Å². The average molecular weight is 523 g/mol. The molecule has 1 aliphatic heterocycles. The van der Waals surface area contributed by atoms with Crippen LogP contribution in [0.25, 0.3) is 0 Å². The molecule has 1 fully saturated rings. The highest BCUT2D eigenvalue weighted by Crippen LogP contribution is 2.29. The maximum Gasteiger partial charge on any atom is 0.360 e. The van der Waals surface area contributed by atoms with E-state index in [0.29, 0.717) is 25.7 Å². The van der Waals surface area contributed by atoms with Crippen molar-refractivity contribution in [3.05, 3.63) is 35.7 Å². The lowest BCUT2D eigenvalue weighted by molar-refractivity contribution is -0.165. The SMILES string of the molecule is COC(=O)c1coc(CC[C@@H]2O[C@H](CCc3nc(C(=O)OC)co3)[C@@H](OC(C)=O)CC[C@H]2OC(C)=O)n1. The molecule has 3 rings (SSSR count). The van der Waals surface area contributed by atoms with Crippen molar-refractivity contribution in [3.8, 4) is 0 Å². The van der Waals surface area contributed by atoms with E-state index in [1.54, 1.807) is 0 Å². The Hall–Kier alpha value is -3.74. The Morgan fingerprint density at radius 1 is 0.784 bits per heavy atom. The van der Waals surface area contributed by atoms with Gasteiger partial charge in [-0.15, -0.1) is 0 Å². The second-order valence-electron chi connectivity index (χ2n) is 8.40. The van der Waals surface area contributed by atoms with Crippen LogP contribution in [-0.2, 0) is 46.1 Å². The van der Waals surface area contributed by atoms with E-state index in [9.17, 15) is 19.2 Å². The lowest BCUT2D eigenvalue weighted by Crippen LogP contribution is -2.37. The van der Waals surface area contributed by atoms with Crippen LogP contribution in [-0.4, -0.2) is 72.5 Å². The highest BCUT2D eigenvalue weighted by Gasteiger charge is 2.38. The van der Waals surface area contributed by atoms with Gasteiger partial charge in [0, 0.05) is 26.7 Å². The second kappa shape index (κ2) is 13.0. The molecule has 0 aliphatic carbocycles. The predicted molar refractivity (Wildman–Crippen MR) is 121 cm³/mol. The van der Waals surface area contributed by atoms with Gasteiger partial charge in [-0.2, -0.15) is 0 Å². The van der Waals surface area contributed by atoms with Crippen LogP contribution < -0.4 is 0 Å². The van der Waals surface area contributed by atoms with E-state index in [4.69, 9.17) is 23.0 Å². The van der Waals surface area contributed by atoms with Crippen molar-refractivity contribution in [1.29, 1.82) is 0 Å². The van der Waals surface area contributed by atoms with E-state index in [-0.39, 0.29) is 36.0 Å². The van der Waals surface area contributed by atoms with Gasteiger partial charge in [0.15, 0.2) is 23.2 Å². The number of oxazole rings is 2. The Bertz CT molecular complexity index is 1010. The highest BCUT2D eigenvalue weighted by atomic mass is 16.6. The van der Waals surface area contributed by atoms with Crippen LogP contribution >= 0.6 is 0 Å². The number of aryl methyl sites for hydroxylation is 2. The monoisotopic (exact) mass is 522 g/mol. The molecule has 2 aromatic rings. The van der Waals surface area contributed by atoms with Crippen LogP contribution in [0.5, 0.6) is 0 Å². The summed E-state index contributed by atoms with van der Waals surface area (Å²) < 4.78 is 37.4. The Kier molecular flexibility index (Phi) is 9.78. The van der Waals surface area contributed by atoms with Crippen molar-refractivity contribution in [2.75, 3.05) is 14.2 Å². The van der Waals surface area contributed by atoms with Crippen LogP contribution in [0.3, 0.4) is 0 Å². The van der Waals surface area contributed by atoms with Crippen LogP contribution in [0.15, 0.2) is 21.4 Å². The van der Waals surface area contributed by atoms with E-state index in [1.165, 1.54) is 40.6 Å². The smallest absolute Gasteiger partial charge is 0.360 e. The molecule has 1 saturated heterocycles. The third-order valence-corrected chi connectivity index (χ3v) is 5.73. The molecule has 4 atom stereocenters. The van der Waals surface area contributed by atoms with Crippen molar-refractivity contribution >= 4 is 23.9 Å². The molecule has 13 heteroatoms. The highest BCUT2D eigenvalue weighted by molar-refractivity contribution is 5.87. The van der Waals surface area contributed by atoms with Gasteiger partial charge >= 0.3 is 23.9 Å². The van der Waals surface area contributed by atoms with Crippen molar-refractivity contribution in [2.45, 2.75) is 76.8 Å². The number of carbonyl (C=O) groups is 4. The van der Waals surface area contributed by atoms with Gasteiger partial charge in [0.05, 0.1) is 26.4 Å². The summed E-state index contributed by atoms with van der Waals surface area (Å²) >= 11 is 0. The van der Waals surface area contributed by atoms with Gasteiger partial charge in [-0.25, -0.2) is 19.6 Å². The summed E-state index contributed by atoms with van der Waals surface area (Å²) in [5, 5.41) is 0. The zero-order chi connectivity index (χ0) is 26.9. The molecule has 0 bridgehead atoms. The minimum atomic E-state index is -0.621. The molecule has 202 valence electrons. The van der Waals surface area contributed by atoms with E-state index < -0.39 is 48.3 Å². The summed E-state index contributed by atoms with van der Waals surface area (Å²) in [6, 6.07) is 0. The van der Waals surface area contributed by atoms with Crippen LogP contribution in [0.1, 0.15) is 72.3 Å². The number of aromatic nitrogens is 2. The molecule has 0 radical (unpaired) electrons. The average Bonchev–Trinajstić information content (AvgIpc) is 3.51. The van der Waals surface area contributed by atoms with Gasteiger partial charge in [-0.3, -0.25) is 9.59 Å². The third-order valence-electron chi connectivity index (χ3n) is 5.73. The number of ether oxygens (including phenoxy) is 5. The Morgan fingerprint density at radius 2 is 1.19 bits per heavy atom. The summed E-state index contributed by atoms with van der Waals surface area (Å²) in [7, 11) is 2.49. The van der Waals surface area contributed by atoms with E-state index in [0.717, 1.165) is 0 Å². The zero-order valence-electron chi connectivity index (χ0n) is 21.1. The topological polar surface area (TPSA) is 166 Å². The maximum atomic E-state index is 11.8. The first-order valence-corrected chi connectivity index (χ1v) is 11.8. The molecule has 0 unspecified atom stereocenters. The van der Waals surface area contributed by atoms with Crippen molar-refractivity contribution in [1.82, 2.24) is 9.97 Å². The first kappa shape index (κ1) is 27.8. The minimum Gasteiger partial charge on any atom is -0.464 e. The number of hydrogen-bond donors (Lipinski definition) is 0. The van der Waals surface area contributed by atoms with Crippen LogP contribution in [0.2, 0.25) is 0 Å². The van der Waals surface area contributed by atoms with Crippen LogP contribution in [0, 0.1) is 0 Å². The van der Waals surface area contributed by atoms with Gasteiger partial charge in [0.2, 0.25) is 0 Å². The summed E-state index contributed by atoms with van der Waals surface area (Å²) in [5.74, 6) is -1.61. The van der Waals surface area contributed by atoms with Gasteiger partial charge in [-0.1, -0.05) is 0 Å². The molecule has 0 N–H and O–H groups in total. The standard InChI is InChI=1S/C24H30N2O11/c1-13(27)35-17-5-6-18(36-14(2)28)20(8-10-22-26-16(12-34-22)24(30)32-4)37-19(17)7-9-21-25-15(11-33-21)23(29)31-3/h11-12,17-20H,5-10H2,1-4H3/t17-,18+,19+,20-. The third kappa shape index (κ3) is 7.87. The maximum absolute atomic E-state index is 11.8. The van der Waals surface area contributed by atoms with E-state index >= 15 is 0 Å². The molecule has 0 saturated carbocycles. The fourth-order valence-electron chi connectivity index (χ4n) is 4.08. The van der Waals surface area contributed by atoms with Crippen molar-refractivity contribution < 1.29 is 51.7 Å². The molecule has 3 heterocycles. The normalized spacial score (nSPS) is 21.5. The molecule has 0 amide bonds. The lowest BCUT2D eigenvalue weighted by atomic mass is 10.0. The van der Waals surface area contributed by atoms with Crippen molar-refractivity contribution in [2.24, 2.45) is 0 Å². The Labute approximate surface area is 212 Å². The molecule has 2 aromatic heterocycles. The predicted octanol–water partition coefficient (Wildman–Crippen LogP) is 2.21. The lowest BCUT2D eigenvalue weighted by Gasteiger charge is -2.28. The second-order valence-corrected chi connectivity index (χ2v) is 8.40. The molecule has 13 nitrogen and oxygen atoms in total. The molecular formula is C24H30N2O11. The number of methoxy groups -OCH3 is 2. The van der Waals surface area contributed by atoms with Gasteiger partial charge in [0.1, 0.15) is 24.7 Å². The number of esters is 4. The first-order chi connectivity index (χ1) is 17.7. The number of rotatable bonds is 10. The molecule has 37 heavy (non-hydrogen) atoms. The molecule has 0 spiro atoms. The number of carbonyl (C=O) groups excluding carboxylic acids is 4. The minimum absolute atomic E-state index is 0.0425. The van der Waals surface area contributed by atoms with Gasteiger partial charge < -0.3 is 32.5 Å². The summed E-state index contributed by atoms with van der Waals surface area (Å²) in [5.41, 5.74) is 0.0850. The number of nitrogens with zero attached hydrogens (tertiary/aromatic N) is 2. The summed E-state index contributed by atoms with van der Waals surface area (Å²) in [4.78, 5) is 55.1. The van der Waals surface area contributed by atoms with Crippen LogP contribution in [0.4, 0.5) is 0 Å². The fraction of sp³-hybridized carbons (Fsp3) is 0.583. The first-order valence-electron chi connectivity index (χ1n) is 11.8. The summed E-state index contributed by atoms with van der Waals surface area (Å²) in [6.07, 6.45) is 2.06. The fourth-order valence-corrected chi connectivity index (χ4v) is 4.08. The Morgan fingerprint density at radius 3 is 1.54 bits per heavy atom. The quantitative estimate of drug-likeness (QED) is 0.329. The molecular weight excluding hydrogens is 492 g/mol. The van der Waals surface area contributed by atoms with E-state index in [1.807, 2.05) is 0 Å². The number of hydrogen-bond acceptors (Lipinski definition) is 13. The molecule has 1 aliphatic rings. The summed E-state index contributed by atoms with van der Waals surface area (Å²) in [6.45, 7) is 2.61. The Balaban J connectivity index is 1.75. The zero-order valence-corrected chi connectivity index (χ0v) is 21.1. The van der Waals surface area contributed by atoms with Gasteiger partial charge in [0.25, 0.3) is 0 Å². The largest absolute Gasteiger partial charge is 0.464 e. The van der Waals surface area contributed by atoms with E-state index in [2.05, 4.69) is 19.4 Å².